The van der Waals surface area contributed by atoms with Crippen LogP contribution in [0.4, 0.5) is 0 Å². The second kappa shape index (κ2) is 12.7. The highest BCUT2D eigenvalue weighted by Crippen LogP contribution is 2.31. The van der Waals surface area contributed by atoms with Crippen LogP contribution in [0.5, 0.6) is 23.0 Å². The van der Waals surface area contributed by atoms with E-state index < -0.39 is 74.6 Å². The van der Waals surface area contributed by atoms with Crippen LogP contribution in [-0.2, 0) is 9.47 Å². The van der Waals surface area contributed by atoms with Crippen LogP contribution in [0, 0.1) is 0 Å². The summed E-state index contributed by atoms with van der Waals surface area (Å²) in [6.07, 6.45) is -11.8. The van der Waals surface area contributed by atoms with E-state index in [1.807, 2.05) is 0 Å². The largest absolute Gasteiger partial charge is 0.508 e. The third kappa shape index (κ3) is 6.47. The fraction of sp³-hybridized carbons (Fsp3) is 0.462. The Morgan fingerprint density at radius 1 is 0.625 bits per heavy atom. The number of phenols is 2. The number of ether oxygens (including phenoxy) is 4. The molecule has 14 nitrogen and oxygen atoms in total. The molecule has 10 atom stereocenters. The second-order valence-corrected chi connectivity index (χ2v) is 9.44. The molecule has 2 aliphatic heterocycles. The van der Waals surface area contributed by atoms with Gasteiger partial charge in [0.25, 0.3) is 0 Å². The molecule has 40 heavy (non-hydrogen) atoms. The summed E-state index contributed by atoms with van der Waals surface area (Å²) < 4.78 is 21.6. The molecular weight excluding hydrogens is 536 g/mol. The summed E-state index contributed by atoms with van der Waals surface area (Å²) in [6, 6.07) is 8.20. The van der Waals surface area contributed by atoms with E-state index in [2.05, 4.69) is 0 Å². The number of benzene rings is 2. The fourth-order valence-electron chi connectivity index (χ4n) is 4.29. The van der Waals surface area contributed by atoms with Crippen LogP contribution in [0.25, 0.3) is 12.2 Å². The first-order valence-corrected chi connectivity index (χ1v) is 12.3. The topological polar surface area (TPSA) is 239 Å². The molecule has 0 aromatic heterocycles. The lowest BCUT2D eigenvalue weighted by molar-refractivity contribution is -0.277. The molecule has 0 unspecified atom stereocenters. The second-order valence-electron chi connectivity index (χ2n) is 9.44. The predicted molar refractivity (Wildman–Crippen MR) is 134 cm³/mol. The number of aromatic hydroxyl groups is 2. The van der Waals surface area contributed by atoms with Crippen molar-refractivity contribution >= 4 is 12.2 Å². The summed E-state index contributed by atoms with van der Waals surface area (Å²) in [5.41, 5.74) is 0.724. The van der Waals surface area contributed by atoms with Crippen LogP contribution < -0.4 is 9.47 Å². The summed E-state index contributed by atoms with van der Waals surface area (Å²) >= 11 is 0. The molecule has 0 aliphatic carbocycles. The number of hydrogen-bond acceptors (Lipinski definition) is 14. The van der Waals surface area contributed by atoms with Crippen molar-refractivity contribution in [3.05, 3.63) is 47.5 Å². The van der Waals surface area contributed by atoms with Crippen molar-refractivity contribution in [1.82, 2.24) is 0 Å². The van der Waals surface area contributed by atoms with E-state index in [1.54, 1.807) is 0 Å². The minimum Gasteiger partial charge on any atom is -0.508 e. The molecule has 2 aliphatic rings. The molecule has 0 saturated carbocycles. The highest BCUT2D eigenvalue weighted by atomic mass is 16.7. The van der Waals surface area contributed by atoms with E-state index in [1.165, 1.54) is 48.6 Å². The van der Waals surface area contributed by atoms with Gasteiger partial charge in [-0.25, -0.2) is 0 Å². The van der Waals surface area contributed by atoms with Gasteiger partial charge in [-0.2, -0.15) is 0 Å². The van der Waals surface area contributed by atoms with Crippen molar-refractivity contribution in [2.45, 2.75) is 61.4 Å². The van der Waals surface area contributed by atoms with Gasteiger partial charge in [0.05, 0.1) is 13.2 Å². The first-order valence-electron chi connectivity index (χ1n) is 12.3. The molecule has 2 aromatic rings. The average molecular weight is 569 g/mol. The lowest BCUT2D eigenvalue weighted by Crippen LogP contribution is -2.60. The van der Waals surface area contributed by atoms with E-state index in [0.717, 1.165) is 0 Å². The number of hydrogen-bond donors (Lipinski definition) is 10. The Kier molecular flexibility index (Phi) is 9.48. The Labute approximate surface area is 227 Å². The number of aliphatic hydroxyl groups excluding tert-OH is 8. The maximum atomic E-state index is 10.5. The summed E-state index contributed by atoms with van der Waals surface area (Å²) in [5, 5.41) is 99.2. The third-order valence-corrected chi connectivity index (χ3v) is 6.57. The average Bonchev–Trinajstić information content (AvgIpc) is 2.93. The quantitative estimate of drug-likeness (QED) is 0.150. The third-order valence-electron chi connectivity index (χ3n) is 6.57. The van der Waals surface area contributed by atoms with Crippen LogP contribution in [0.15, 0.2) is 36.4 Å². The van der Waals surface area contributed by atoms with Crippen molar-refractivity contribution in [2.75, 3.05) is 13.2 Å². The van der Waals surface area contributed by atoms with Crippen molar-refractivity contribution in [2.24, 2.45) is 0 Å². The number of phenolic OH excluding ortho intramolecular Hbond substituents is 2. The van der Waals surface area contributed by atoms with E-state index >= 15 is 0 Å². The first-order chi connectivity index (χ1) is 19.0. The molecular formula is C26H32O14. The van der Waals surface area contributed by atoms with Gasteiger partial charge >= 0.3 is 0 Å². The number of rotatable bonds is 8. The van der Waals surface area contributed by atoms with E-state index in [4.69, 9.17) is 18.9 Å². The van der Waals surface area contributed by atoms with E-state index in [9.17, 15) is 51.1 Å². The lowest BCUT2D eigenvalue weighted by Gasteiger charge is -2.39. The maximum absolute atomic E-state index is 10.5. The van der Waals surface area contributed by atoms with Gasteiger partial charge in [0.1, 0.15) is 71.8 Å². The normalized spacial score (nSPS) is 34.6. The highest BCUT2D eigenvalue weighted by molar-refractivity contribution is 5.74. The van der Waals surface area contributed by atoms with Crippen molar-refractivity contribution in [3.63, 3.8) is 0 Å². The Bertz CT molecular complexity index is 1170. The predicted octanol–water partition coefficient (Wildman–Crippen LogP) is -2.37. The molecule has 2 heterocycles. The first kappa shape index (κ1) is 30.0. The summed E-state index contributed by atoms with van der Waals surface area (Å²) in [7, 11) is 0. The molecule has 0 radical (unpaired) electrons. The Balaban J connectivity index is 1.45. The molecule has 0 spiro atoms. The molecule has 220 valence electrons. The monoisotopic (exact) mass is 568 g/mol. The molecule has 2 fully saturated rings. The zero-order valence-corrected chi connectivity index (χ0v) is 20.9. The van der Waals surface area contributed by atoms with Gasteiger partial charge < -0.3 is 70.0 Å². The van der Waals surface area contributed by atoms with Crippen LogP contribution >= 0.6 is 0 Å². The SMILES string of the molecule is OC[C@H]1O[C@@H](Oc2cc(O)cc(C=Cc3ccc(O[C@H]4O[C@H](CO)[C@@H](O)[C@H](O)[C@H]4O)cc3O)c2)[C@H](O)[C@@H](O)[C@@H]1O. The van der Waals surface area contributed by atoms with E-state index in [0.29, 0.717) is 11.1 Å². The molecule has 14 heteroatoms. The molecule has 0 bridgehead atoms. The van der Waals surface area contributed by atoms with Crippen molar-refractivity contribution in [1.29, 1.82) is 0 Å². The minimum absolute atomic E-state index is 0.0384. The van der Waals surface area contributed by atoms with Gasteiger partial charge in [-0.3, -0.25) is 0 Å². The van der Waals surface area contributed by atoms with Crippen LogP contribution in [0.1, 0.15) is 11.1 Å². The van der Waals surface area contributed by atoms with Gasteiger partial charge in [-0.05, 0) is 29.8 Å². The Hall–Kier alpha value is -3.02. The summed E-state index contributed by atoms with van der Waals surface area (Å²) in [4.78, 5) is 0. The minimum atomic E-state index is -1.64. The van der Waals surface area contributed by atoms with Gasteiger partial charge in [0, 0.05) is 17.7 Å². The van der Waals surface area contributed by atoms with Gasteiger partial charge in [-0.1, -0.05) is 12.2 Å². The fourth-order valence-corrected chi connectivity index (χ4v) is 4.29. The smallest absolute Gasteiger partial charge is 0.229 e. The Morgan fingerprint density at radius 2 is 1.18 bits per heavy atom. The van der Waals surface area contributed by atoms with Crippen molar-refractivity contribution < 1.29 is 70.0 Å². The van der Waals surface area contributed by atoms with Crippen LogP contribution in [0.3, 0.4) is 0 Å². The summed E-state index contributed by atoms with van der Waals surface area (Å²) in [5.74, 6) is -0.353. The maximum Gasteiger partial charge on any atom is 0.229 e. The highest BCUT2D eigenvalue weighted by Gasteiger charge is 2.45. The van der Waals surface area contributed by atoms with Crippen LogP contribution in [0.2, 0.25) is 0 Å². The molecule has 4 rings (SSSR count). The summed E-state index contributed by atoms with van der Waals surface area (Å²) in [6.45, 7) is -1.25. The van der Waals surface area contributed by atoms with Crippen LogP contribution in [-0.4, -0.2) is 126 Å². The van der Waals surface area contributed by atoms with Gasteiger partial charge in [0.2, 0.25) is 12.6 Å². The number of aliphatic hydroxyl groups is 8. The zero-order chi connectivity index (χ0) is 29.1. The lowest BCUT2D eigenvalue weighted by atomic mass is 9.99. The zero-order valence-electron chi connectivity index (χ0n) is 20.9. The molecule has 10 N–H and O–H groups in total. The van der Waals surface area contributed by atoms with E-state index in [-0.39, 0.29) is 23.0 Å². The Morgan fingerprint density at radius 3 is 1.70 bits per heavy atom. The van der Waals surface area contributed by atoms with Gasteiger partial charge in [-0.15, -0.1) is 0 Å². The standard InChI is InChI=1S/C26H32O14/c27-9-17-19(31)21(33)23(35)25(39-17)37-14-4-3-12(16(30)8-14)2-1-11-5-13(29)7-15(6-11)38-26-24(36)22(34)20(32)18(10-28)40-26/h1-8,17-36H,9-10H2/t17-,18-,19-,20-,21+,22+,23-,24-,25+,26-/m1/s1. The molecule has 0 amide bonds. The van der Waals surface area contributed by atoms with Gasteiger partial charge in [0.15, 0.2) is 0 Å². The van der Waals surface area contributed by atoms with Crippen molar-refractivity contribution in [3.8, 4) is 23.0 Å². The molecule has 2 aromatic carbocycles. The molecule has 2 saturated heterocycles.